The second-order valence-corrected chi connectivity index (χ2v) is 11.6. The SMILES string of the molecule is CN[C@@H](Cc1c(C)cc(O)cc1C)C(=O)N[C@H](CCCN=C(N)N)C(=O)N[C@@H](Cc1ccccc1)C(=O)N[C@@H](CCCCN)C(N)=O. The van der Waals surface area contributed by atoms with Gasteiger partial charge in [-0.25, -0.2) is 0 Å². The molecule has 0 aromatic heterocycles. The van der Waals surface area contributed by atoms with Crippen LogP contribution in [-0.4, -0.2) is 79.0 Å². The van der Waals surface area contributed by atoms with Crippen LogP contribution in [0.15, 0.2) is 47.5 Å². The number of hydrogen-bond acceptors (Lipinski definition) is 8. The molecule has 2 rings (SSSR count). The van der Waals surface area contributed by atoms with E-state index in [2.05, 4.69) is 26.3 Å². The molecular formula is C33H51N9O5. The maximum Gasteiger partial charge on any atom is 0.243 e. The molecule has 258 valence electrons. The monoisotopic (exact) mass is 653 g/mol. The van der Waals surface area contributed by atoms with Crippen LogP contribution < -0.4 is 44.2 Å². The van der Waals surface area contributed by atoms with E-state index in [1.54, 1.807) is 19.2 Å². The quantitative estimate of drug-likeness (QED) is 0.0507. The molecule has 0 radical (unpaired) electrons. The number of guanidine groups is 1. The molecule has 4 amide bonds. The summed E-state index contributed by atoms with van der Waals surface area (Å²) in [6.45, 7) is 4.36. The lowest BCUT2D eigenvalue weighted by Crippen LogP contribution is -2.58. The van der Waals surface area contributed by atoms with Gasteiger partial charge in [-0.2, -0.15) is 0 Å². The first kappa shape index (κ1) is 38.5. The Balaban J connectivity index is 2.31. The largest absolute Gasteiger partial charge is 0.508 e. The van der Waals surface area contributed by atoms with Gasteiger partial charge in [-0.05, 0) is 100 Å². The fourth-order valence-electron chi connectivity index (χ4n) is 5.25. The van der Waals surface area contributed by atoms with Crippen LogP contribution in [0.4, 0.5) is 0 Å². The zero-order valence-electron chi connectivity index (χ0n) is 27.6. The van der Waals surface area contributed by atoms with E-state index in [9.17, 15) is 24.3 Å². The average molecular weight is 654 g/mol. The molecule has 14 nitrogen and oxygen atoms in total. The highest BCUT2D eigenvalue weighted by Crippen LogP contribution is 2.22. The number of hydrogen-bond donors (Lipinski definition) is 9. The Hall–Kier alpha value is -4.69. The first-order valence-corrected chi connectivity index (χ1v) is 15.8. The summed E-state index contributed by atoms with van der Waals surface area (Å²) < 4.78 is 0. The van der Waals surface area contributed by atoms with Gasteiger partial charge in [0.2, 0.25) is 23.6 Å². The van der Waals surface area contributed by atoms with Gasteiger partial charge in [0.05, 0.1) is 6.04 Å². The molecule has 0 saturated heterocycles. The minimum absolute atomic E-state index is 0.0972. The summed E-state index contributed by atoms with van der Waals surface area (Å²) in [7, 11) is 1.64. The fourth-order valence-corrected chi connectivity index (χ4v) is 5.25. The number of aromatic hydroxyl groups is 1. The highest BCUT2D eigenvalue weighted by Gasteiger charge is 2.30. The highest BCUT2D eigenvalue weighted by molar-refractivity contribution is 5.94. The number of amides is 4. The highest BCUT2D eigenvalue weighted by atomic mass is 16.3. The van der Waals surface area contributed by atoms with E-state index in [-0.39, 0.29) is 31.1 Å². The van der Waals surface area contributed by atoms with Crippen molar-refractivity contribution in [2.24, 2.45) is 27.9 Å². The summed E-state index contributed by atoms with van der Waals surface area (Å²) in [6, 6.07) is 8.58. The van der Waals surface area contributed by atoms with Crippen LogP contribution in [0.25, 0.3) is 0 Å². The molecular weight excluding hydrogens is 602 g/mol. The molecule has 2 aromatic carbocycles. The van der Waals surface area contributed by atoms with Crippen molar-refractivity contribution in [2.75, 3.05) is 20.1 Å². The van der Waals surface area contributed by atoms with Crippen molar-refractivity contribution in [3.8, 4) is 5.75 Å². The second kappa shape index (κ2) is 19.7. The van der Waals surface area contributed by atoms with Gasteiger partial charge in [0, 0.05) is 13.0 Å². The van der Waals surface area contributed by atoms with Gasteiger partial charge in [0.15, 0.2) is 5.96 Å². The molecule has 0 fully saturated rings. The first-order valence-electron chi connectivity index (χ1n) is 15.8. The van der Waals surface area contributed by atoms with E-state index in [1.807, 2.05) is 44.2 Å². The van der Waals surface area contributed by atoms with E-state index in [0.29, 0.717) is 38.6 Å². The number of primary amides is 1. The van der Waals surface area contributed by atoms with E-state index in [0.717, 1.165) is 22.3 Å². The minimum atomic E-state index is -1.08. The summed E-state index contributed by atoms with van der Waals surface area (Å²) in [5, 5.41) is 21.3. The van der Waals surface area contributed by atoms with Gasteiger partial charge >= 0.3 is 0 Å². The maximum atomic E-state index is 13.8. The molecule has 0 saturated carbocycles. The number of benzene rings is 2. The number of nitrogens with one attached hydrogen (secondary N) is 4. The molecule has 0 unspecified atom stereocenters. The van der Waals surface area contributed by atoms with Gasteiger partial charge in [0.25, 0.3) is 0 Å². The van der Waals surface area contributed by atoms with E-state index in [1.165, 1.54) is 0 Å². The Kier molecular flexibility index (Phi) is 16.2. The lowest BCUT2D eigenvalue weighted by molar-refractivity contribution is -0.133. The van der Waals surface area contributed by atoms with E-state index >= 15 is 0 Å². The van der Waals surface area contributed by atoms with Crippen molar-refractivity contribution in [3.63, 3.8) is 0 Å². The van der Waals surface area contributed by atoms with Crippen LogP contribution in [0.3, 0.4) is 0 Å². The summed E-state index contributed by atoms with van der Waals surface area (Å²) in [5.74, 6) is -2.26. The van der Waals surface area contributed by atoms with Crippen LogP contribution in [-0.2, 0) is 32.0 Å². The molecule has 47 heavy (non-hydrogen) atoms. The first-order chi connectivity index (χ1) is 22.4. The molecule has 0 aliphatic carbocycles. The lowest BCUT2D eigenvalue weighted by Gasteiger charge is -2.26. The normalized spacial score (nSPS) is 13.4. The fraction of sp³-hybridized carbons (Fsp3) is 0.485. The molecule has 2 aromatic rings. The molecule has 14 heteroatoms. The number of carbonyl (C=O) groups excluding carboxylic acids is 4. The Labute approximate surface area is 276 Å². The zero-order valence-corrected chi connectivity index (χ0v) is 27.6. The van der Waals surface area contributed by atoms with Gasteiger partial charge in [0.1, 0.15) is 23.9 Å². The van der Waals surface area contributed by atoms with Crippen LogP contribution in [0.2, 0.25) is 0 Å². The van der Waals surface area contributed by atoms with Crippen molar-refractivity contribution in [1.82, 2.24) is 21.3 Å². The van der Waals surface area contributed by atoms with Gasteiger partial charge < -0.3 is 49.3 Å². The molecule has 0 spiro atoms. The molecule has 0 heterocycles. The molecule has 0 aliphatic heterocycles. The number of aryl methyl sites for hydroxylation is 2. The number of phenols is 1. The number of likely N-dealkylation sites (N-methyl/N-ethyl adjacent to an activating group) is 1. The third-order valence-electron chi connectivity index (χ3n) is 7.85. The minimum Gasteiger partial charge on any atom is -0.508 e. The van der Waals surface area contributed by atoms with Crippen molar-refractivity contribution in [2.45, 2.75) is 83.0 Å². The number of phenolic OH excluding ortho intramolecular Hbond substituents is 1. The standard InChI is InChI=1S/C33H51N9O5/c1-20-16-23(43)17-21(2)24(20)19-27(38-3)31(46)41-26(13-9-15-39-33(36)37)30(45)42-28(18-22-10-5-4-6-11-22)32(47)40-25(29(35)44)12-7-8-14-34/h4-6,10-11,16-17,25-28,38,43H,7-9,12-15,18-19,34H2,1-3H3,(H2,35,44)(H,40,47)(H,41,46)(H,42,45)(H4,36,37,39)/t25-,26+,27-,28-/m0/s1. The lowest BCUT2D eigenvalue weighted by atomic mass is 9.95. The predicted octanol–water partition coefficient (Wildman–Crippen LogP) is -0.495. The number of nitrogens with zero attached hydrogens (tertiary/aromatic N) is 1. The Morgan fingerprint density at radius 1 is 0.766 bits per heavy atom. The zero-order chi connectivity index (χ0) is 34.9. The number of aliphatic imine (C=N–C) groups is 1. The van der Waals surface area contributed by atoms with Crippen molar-refractivity contribution >= 4 is 29.6 Å². The number of nitrogens with two attached hydrogens (primary N) is 4. The third-order valence-corrected chi connectivity index (χ3v) is 7.85. The Morgan fingerprint density at radius 3 is 1.89 bits per heavy atom. The number of carbonyl (C=O) groups is 4. The summed E-state index contributed by atoms with van der Waals surface area (Å²) >= 11 is 0. The average Bonchev–Trinajstić information content (AvgIpc) is 3.01. The number of rotatable bonds is 20. The molecule has 13 N–H and O–H groups in total. The van der Waals surface area contributed by atoms with Crippen LogP contribution >= 0.6 is 0 Å². The summed E-state index contributed by atoms with van der Waals surface area (Å²) in [5.41, 5.74) is 25.4. The molecule has 4 atom stereocenters. The molecule has 0 aliphatic rings. The van der Waals surface area contributed by atoms with Crippen LogP contribution in [0, 0.1) is 13.8 Å². The van der Waals surface area contributed by atoms with Crippen LogP contribution in [0.5, 0.6) is 5.75 Å². The van der Waals surface area contributed by atoms with Crippen molar-refractivity contribution in [3.05, 3.63) is 64.7 Å². The summed E-state index contributed by atoms with van der Waals surface area (Å²) in [4.78, 5) is 57.0. The topological polar surface area (TPSA) is 253 Å². The molecule has 0 bridgehead atoms. The second-order valence-electron chi connectivity index (χ2n) is 11.6. The van der Waals surface area contributed by atoms with Crippen molar-refractivity contribution < 1.29 is 24.3 Å². The number of unbranched alkanes of at least 4 members (excludes halogenated alkanes) is 1. The summed E-state index contributed by atoms with van der Waals surface area (Å²) in [6.07, 6.45) is 2.51. The van der Waals surface area contributed by atoms with Gasteiger partial charge in [-0.3, -0.25) is 24.2 Å². The Morgan fingerprint density at radius 2 is 1.32 bits per heavy atom. The van der Waals surface area contributed by atoms with Gasteiger partial charge in [-0.15, -0.1) is 0 Å². The maximum absolute atomic E-state index is 13.8. The smallest absolute Gasteiger partial charge is 0.243 e. The van der Waals surface area contributed by atoms with Crippen LogP contribution in [0.1, 0.15) is 54.4 Å². The van der Waals surface area contributed by atoms with E-state index < -0.39 is 47.8 Å². The van der Waals surface area contributed by atoms with Crippen molar-refractivity contribution in [1.29, 1.82) is 0 Å². The van der Waals surface area contributed by atoms with Gasteiger partial charge in [-0.1, -0.05) is 30.3 Å². The predicted molar refractivity (Wildman–Crippen MR) is 182 cm³/mol. The Bertz CT molecular complexity index is 1340. The van der Waals surface area contributed by atoms with E-state index in [4.69, 9.17) is 22.9 Å². The third kappa shape index (κ3) is 13.3.